The molecule has 0 unspecified atom stereocenters. The van der Waals surface area contributed by atoms with Crippen molar-refractivity contribution in [3.8, 4) is 5.82 Å². The van der Waals surface area contributed by atoms with Gasteiger partial charge in [-0.3, -0.25) is 14.2 Å². The Morgan fingerprint density at radius 1 is 0.977 bits per heavy atom. The van der Waals surface area contributed by atoms with Gasteiger partial charge in [-0.2, -0.15) is 18.2 Å². The van der Waals surface area contributed by atoms with Crippen LogP contribution in [0.15, 0.2) is 67.1 Å². The maximum Gasteiger partial charge on any atom is 0.416 e. The zero-order valence-electron chi connectivity index (χ0n) is 24.0. The minimum absolute atomic E-state index is 0.0855. The van der Waals surface area contributed by atoms with Crippen molar-refractivity contribution < 1.29 is 27.9 Å². The third kappa shape index (κ3) is 7.21. The van der Waals surface area contributed by atoms with Crippen LogP contribution in [0, 0.1) is 0 Å². The van der Waals surface area contributed by atoms with Crippen molar-refractivity contribution in [2.75, 3.05) is 55.3 Å². The van der Waals surface area contributed by atoms with Crippen LogP contribution in [0.2, 0.25) is 0 Å². The molecule has 11 nitrogen and oxygen atoms in total. The Morgan fingerprint density at radius 3 is 2.39 bits per heavy atom. The van der Waals surface area contributed by atoms with E-state index < -0.39 is 29.5 Å². The molecule has 0 spiro atoms. The molecule has 4 aromatic rings. The van der Waals surface area contributed by atoms with Crippen LogP contribution in [0.1, 0.15) is 39.0 Å². The first-order valence-electron chi connectivity index (χ1n) is 13.9. The summed E-state index contributed by atoms with van der Waals surface area (Å²) >= 11 is 0. The summed E-state index contributed by atoms with van der Waals surface area (Å²) in [5.74, 6) is -0.381. The first-order chi connectivity index (χ1) is 21.0. The number of carbonyl (C=O) groups excluding carboxylic acids is 2. The molecule has 0 aliphatic carbocycles. The quantitative estimate of drug-likeness (QED) is 0.244. The molecule has 0 radical (unpaired) electrons. The summed E-state index contributed by atoms with van der Waals surface area (Å²) in [7, 11) is 1.95. The standard InChI is InChI=1S/C30H31F3N8O3/c1-19(42)18-36-29-35-8-7-25(38-29)41-10-9-34-27(41)26(43)20-3-5-23(6-4-20)37-28(44)21-15-22(30(31,32)33)17-24(16-21)40-13-11-39(2)12-14-40/h3-10,15-17,19,42H,11-14,18H2,1-2H3,(H,37,44)(H,35,36,38)/t19-/m0/s1. The van der Waals surface area contributed by atoms with Crippen molar-refractivity contribution >= 4 is 29.0 Å². The molecule has 0 bridgehead atoms. The number of imidazole rings is 1. The zero-order valence-corrected chi connectivity index (χ0v) is 24.0. The highest BCUT2D eigenvalue weighted by Gasteiger charge is 2.32. The predicted molar refractivity (Wildman–Crippen MR) is 158 cm³/mol. The van der Waals surface area contributed by atoms with E-state index in [2.05, 4.69) is 30.5 Å². The van der Waals surface area contributed by atoms with Crippen molar-refractivity contribution in [1.29, 1.82) is 0 Å². The lowest BCUT2D eigenvalue weighted by atomic mass is 10.1. The number of aliphatic hydroxyl groups excluding tert-OH is 1. The Balaban J connectivity index is 1.32. The molecule has 1 saturated heterocycles. The van der Waals surface area contributed by atoms with E-state index in [1.165, 1.54) is 47.3 Å². The van der Waals surface area contributed by atoms with E-state index in [9.17, 15) is 27.9 Å². The van der Waals surface area contributed by atoms with Crippen LogP contribution in [-0.4, -0.2) is 87.1 Å². The molecule has 2 aromatic carbocycles. The Kier molecular flexibility index (Phi) is 8.92. The van der Waals surface area contributed by atoms with E-state index in [1.807, 2.05) is 11.9 Å². The van der Waals surface area contributed by atoms with Gasteiger partial charge in [-0.15, -0.1) is 0 Å². The zero-order chi connectivity index (χ0) is 31.4. The number of halogens is 3. The third-order valence-electron chi connectivity index (χ3n) is 7.07. The van der Waals surface area contributed by atoms with E-state index in [1.54, 1.807) is 19.2 Å². The molecule has 1 amide bonds. The molecule has 2 aromatic heterocycles. The molecule has 1 fully saturated rings. The molecule has 5 rings (SSSR count). The largest absolute Gasteiger partial charge is 0.416 e. The Morgan fingerprint density at radius 2 is 1.70 bits per heavy atom. The number of hydrogen-bond donors (Lipinski definition) is 3. The van der Waals surface area contributed by atoms with Crippen molar-refractivity contribution in [3.05, 3.63) is 89.6 Å². The maximum atomic E-state index is 13.7. The average molecular weight is 609 g/mol. The minimum Gasteiger partial charge on any atom is -0.392 e. The second-order valence-electron chi connectivity index (χ2n) is 10.5. The van der Waals surface area contributed by atoms with Crippen LogP contribution in [0.4, 0.5) is 30.5 Å². The molecule has 1 atom stereocenters. The number of anilines is 3. The molecule has 14 heteroatoms. The number of likely N-dealkylation sites (N-methyl/N-ethyl adjacent to an activating group) is 1. The fourth-order valence-corrected chi connectivity index (χ4v) is 4.65. The van der Waals surface area contributed by atoms with Crippen LogP contribution >= 0.6 is 0 Å². The summed E-state index contributed by atoms with van der Waals surface area (Å²) in [4.78, 5) is 43.0. The number of alkyl halides is 3. The summed E-state index contributed by atoms with van der Waals surface area (Å²) in [6.07, 6.45) is -0.679. The van der Waals surface area contributed by atoms with Gasteiger partial charge in [0.25, 0.3) is 5.91 Å². The number of benzene rings is 2. The predicted octanol–water partition coefficient (Wildman–Crippen LogP) is 3.71. The van der Waals surface area contributed by atoms with E-state index in [0.29, 0.717) is 43.4 Å². The van der Waals surface area contributed by atoms with Gasteiger partial charge in [0.2, 0.25) is 11.7 Å². The molecule has 230 valence electrons. The number of nitrogens with zero attached hydrogens (tertiary/aromatic N) is 6. The fraction of sp³-hybridized carbons (Fsp3) is 0.300. The number of aliphatic hydroxyl groups is 1. The van der Waals surface area contributed by atoms with Gasteiger partial charge in [0.1, 0.15) is 5.82 Å². The molecule has 3 N–H and O–H groups in total. The number of amides is 1. The first-order valence-corrected chi connectivity index (χ1v) is 13.9. The van der Waals surface area contributed by atoms with Gasteiger partial charge in [0.05, 0.1) is 11.7 Å². The van der Waals surface area contributed by atoms with Gasteiger partial charge in [-0.1, -0.05) is 0 Å². The van der Waals surface area contributed by atoms with Crippen LogP contribution in [0.5, 0.6) is 0 Å². The molecule has 44 heavy (non-hydrogen) atoms. The Hall–Kier alpha value is -4.82. The Labute approximate surface area is 251 Å². The van der Waals surface area contributed by atoms with Crippen molar-refractivity contribution in [3.63, 3.8) is 0 Å². The van der Waals surface area contributed by atoms with Crippen molar-refractivity contribution in [1.82, 2.24) is 24.4 Å². The number of aromatic nitrogens is 4. The van der Waals surface area contributed by atoms with Crippen LogP contribution in [0.3, 0.4) is 0 Å². The van der Waals surface area contributed by atoms with Crippen LogP contribution < -0.4 is 15.5 Å². The summed E-state index contributed by atoms with van der Waals surface area (Å²) < 4.78 is 42.6. The SMILES string of the molecule is C[C@H](O)CNc1nccc(-n2ccnc2C(=O)c2ccc(NC(=O)c3cc(N4CCN(C)CC4)cc(C(F)(F)F)c3)cc2)n1. The topological polar surface area (TPSA) is 129 Å². The number of hydrogen-bond acceptors (Lipinski definition) is 9. The number of ketones is 1. The van der Waals surface area contributed by atoms with E-state index in [-0.39, 0.29) is 29.4 Å². The first kappa shape index (κ1) is 30.6. The number of carbonyl (C=O) groups is 2. The summed E-state index contributed by atoms with van der Waals surface area (Å²) in [6.45, 7) is 4.36. The Bertz CT molecular complexity index is 1630. The fourth-order valence-electron chi connectivity index (χ4n) is 4.65. The number of nitrogens with one attached hydrogen (secondary N) is 2. The highest BCUT2D eigenvalue weighted by Crippen LogP contribution is 2.33. The van der Waals surface area contributed by atoms with E-state index in [0.717, 1.165) is 12.1 Å². The normalized spacial score (nSPS) is 14.7. The summed E-state index contributed by atoms with van der Waals surface area (Å²) in [6, 6.07) is 11.0. The third-order valence-corrected chi connectivity index (χ3v) is 7.07. The van der Waals surface area contributed by atoms with E-state index in [4.69, 9.17) is 0 Å². The maximum absolute atomic E-state index is 13.7. The molecule has 1 aliphatic rings. The second kappa shape index (κ2) is 12.8. The van der Waals surface area contributed by atoms with Gasteiger partial charge in [-0.05, 0) is 62.5 Å². The molecule has 1 aliphatic heterocycles. The number of rotatable bonds is 9. The van der Waals surface area contributed by atoms with Crippen LogP contribution in [-0.2, 0) is 6.18 Å². The lowest BCUT2D eigenvalue weighted by Gasteiger charge is -2.34. The molecular weight excluding hydrogens is 577 g/mol. The number of piperazine rings is 1. The monoisotopic (exact) mass is 608 g/mol. The van der Waals surface area contributed by atoms with Crippen LogP contribution in [0.25, 0.3) is 5.82 Å². The van der Waals surface area contributed by atoms with Gasteiger partial charge in [0.15, 0.2) is 5.82 Å². The second-order valence-corrected chi connectivity index (χ2v) is 10.5. The summed E-state index contributed by atoms with van der Waals surface area (Å²) in [5.41, 5.74) is -0.108. The molecule has 3 heterocycles. The van der Waals surface area contributed by atoms with E-state index >= 15 is 0 Å². The lowest BCUT2D eigenvalue weighted by molar-refractivity contribution is -0.137. The van der Waals surface area contributed by atoms with Gasteiger partial charge >= 0.3 is 6.18 Å². The van der Waals surface area contributed by atoms with Crippen molar-refractivity contribution in [2.45, 2.75) is 19.2 Å². The smallest absolute Gasteiger partial charge is 0.392 e. The highest BCUT2D eigenvalue weighted by molar-refractivity contribution is 6.08. The van der Waals surface area contributed by atoms with Gasteiger partial charge < -0.3 is 25.5 Å². The molecular formula is C30H31F3N8O3. The van der Waals surface area contributed by atoms with Crippen molar-refractivity contribution in [2.24, 2.45) is 0 Å². The highest BCUT2D eigenvalue weighted by atomic mass is 19.4. The van der Waals surface area contributed by atoms with Gasteiger partial charge in [0, 0.05) is 73.8 Å². The lowest BCUT2D eigenvalue weighted by Crippen LogP contribution is -2.44. The average Bonchev–Trinajstić information content (AvgIpc) is 3.50. The minimum atomic E-state index is -4.62. The summed E-state index contributed by atoms with van der Waals surface area (Å²) in [5, 5.41) is 15.0. The molecule has 0 saturated carbocycles. The van der Waals surface area contributed by atoms with Gasteiger partial charge in [-0.25, -0.2) is 9.97 Å².